The van der Waals surface area contributed by atoms with E-state index >= 15 is 0 Å². The Morgan fingerprint density at radius 1 is 0.933 bits per heavy atom. The van der Waals surface area contributed by atoms with E-state index in [-0.39, 0.29) is 0 Å². The zero-order chi connectivity index (χ0) is 11.0. The molecule has 0 fully saturated rings. The monoisotopic (exact) mass is 218 g/mol. The third kappa shape index (κ3) is 1.47. The SMILES string of the molecule is C/C=C/c1c(C)c(C)c(C)c2nsnc12. The van der Waals surface area contributed by atoms with Crippen LogP contribution in [0.15, 0.2) is 6.08 Å². The van der Waals surface area contributed by atoms with Crippen LogP contribution >= 0.6 is 11.7 Å². The predicted molar refractivity (Wildman–Crippen MR) is 66.3 cm³/mol. The second kappa shape index (κ2) is 3.74. The molecule has 1 aromatic carbocycles. The molecule has 0 bridgehead atoms. The zero-order valence-corrected chi connectivity index (χ0v) is 10.3. The van der Waals surface area contributed by atoms with Gasteiger partial charge in [0.2, 0.25) is 0 Å². The highest BCUT2D eigenvalue weighted by molar-refractivity contribution is 7.00. The molecular formula is C12H14N2S. The molecule has 78 valence electrons. The molecule has 3 heteroatoms. The van der Waals surface area contributed by atoms with Crippen LogP contribution in [-0.2, 0) is 0 Å². The van der Waals surface area contributed by atoms with Crippen molar-refractivity contribution in [1.82, 2.24) is 8.75 Å². The highest BCUT2D eigenvalue weighted by atomic mass is 32.1. The van der Waals surface area contributed by atoms with Gasteiger partial charge in [-0.2, -0.15) is 8.75 Å². The Morgan fingerprint density at radius 3 is 2.27 bits per heavy atom. The number of allylic oxidation sites excluding steroid dienone is 1. The van der Waals surface area contributed by atoms with Crippen LogP contribution in [0.3, 0.4) is 0 Å². The van der Waals surface area contributed by atoms with Crippen LogP contribution < -0.4 is 0 Å². The van der Waals surface area contributed by atoms with E-state index in [2.05, 4.69) is 41.7 Å². The fraction of sp³-hybridized carbons (Fsp3) is 0.333. The molecule has 0 spiro atoms. The highest BCUT2D eigenvalue weighted by Crippen LogP contribution is 2.28. The normalized spacial score (nSPS) is 11.7. The minimum Gasteiger partial charge on any atom is -0.173 e. The summed E-state index contributed by atoms with van der Waals surface area (Å²) in [6.45, 7) is 8.44. The van der Waals surface area contributed by atoms with Gasteiger partial charge in [0, 0.05) is 5.56 Å². The zero-order valence-electron chi connectivity index (χ0n) is 9.46. The Hall–Kier alpha value is -1.22. The second-order valence-electron chi connectivity index (χ2n) is 3.75. The predicted octanol–water partition coefficient (Wildman–Crippen LogP) is 3.65. The molecule has 0 aliphatic carbocycles. The van der Waals surface area contributed by atoms with Crippen molar-refractivity contribution in [2.45, 2.75) is 27.7 Å². The molecule has 0 saturated heterocycles. The molecule has 0 saturated carbocycles. The third-order valence-electron chi connectivity index (χ3n) is 2.96. The lowest BCUT2D eigenvalue weighted by atomic mass is 9.96. The summed E-state index contributed by atoms with van der Waals surface area (Å²) in [5, 5.41) is 0. The Bertz CT molecular complexity index is 538. The van der Waals surface area contributed by atoms with Crippen molar-refractivity contribution in [3.63, 3.8) is 0 Å². The average molecular weight is 218 g/mol. The molecule has 15 heavy (non-hydrogen) atoms. The minimum atomic E-state index is 1.04. The van der Waals surface area contributed by atoms with Gasteiger partial charge < -0.3 is 0 Å². The van der Waals surface area contributed by atoms with Gasteiger partial charge in [0.05, 0.1) is 11.7 Å². The minimum absolute atomic E-state index is 1.04. The summed E-state index contributed by atoms with van der Waals surface area (Å²) in [6.07, 6.45) is 4.17. The lowest BCUT2D eigenvalue weighted by Gasteiger charge is -2.09. The topological polar surface area (TPSA) is 25.8 Å². The van der Waals surface area contributed by atoms with Crippen molar-refractivity contribution < 1.29 is 0 Å². The number of hydrogen-bond acceptors (Lipinski definition) is 3. The first-order chi connectivity index (χ1) is 7.16. The molecule has 0 amide bonds. The third-order valence-corrected chi connectivity index (χ3v) is 3.49. The van der Waals surface area contributed by atoms with Gasteiger partial charge in [-0.05, 0) is 44.4 Å². The molecule has 0 aliphatic heterocycles. The van der Waals surface area contributed by atoms with Gasteiger partial charge in [0.1, 0.15) is 11.0 Å². The van der Waals surface area contributed by atoms with E-state index in [1.165, 1.54) is 34.0 Å². The van der Waals surface area contributed by atoms with E-state index in [0.29, 0.717) is 0 Å². The van der Waals surface area contributed by atoms with E-state index in [1.807, 2.05) is 6.92 Å². The van der Waals surface area contributed by atoms with Crippen molar-refractivity contribution in [3.05, 3.63) is 28.3 Å². The summed E-state index contributed by atoms with van der Waals surface area (Å²) in [7, 11) is 0. The van der Waals surface area contributed by atoms with Crippen LogP contribution in [0.1, 0.15) is 29.2 Å². The van der Waals surface area contributed by atoms with Gasteiger partial charge in [0.25, 0.3) is 0 Å². The van der Waals surface area contributed by atoms with E-state index in [1.54, 1.807) is 0 Å². The lowest BCUT2D eigenvalue weighted by Crippen LogP contribution is -1.93. The highest BCUT2D eigenvalue weighted by Gasteiger charge is 2.12. The van der Waals surface area contributed by atoms with Crippen molar-refractivity contribution in [2.75, 3.05) is 0 Å². The van der Waals surface area contributed by atoms with E-state index < -0.39 is 0 Å². The Morgan fingerprint density at radius 2 is 1.60 bits per heavy atom. The first kappa shape index (κ1) is 10.3. The van der Waals surface area contributed by atoms with Crippen LogP contribution in [0.25, 0.3) is 17.1 Å². The number of rotatable bonds is 1. The molecule has 2 aromatic rings. The first-order valence-electron chi connectivity index (χ1n) is 5.01. The number of aryl methyl sites for hydroxylation is 1. The maximum Gasteiger partial charge on any atom is 0.112 e. The van der Waals surface area contributed by atoms with Gasteiger partial charge in [-0.15, -0.1) is 0 Å². The Kier molecular flexibility index (Phi) is 2.57. The summed E-state index contributed by atoms with van der Waals surface area (Å²) in [4.78, 5) is 0. The number of nitrogens with zero attached hydrogens (tertiary/aromatic N) is 2. The van der Waals surface area contributed by atoms with Crippen molar-refractivity contribution in [3.8, 4) is 0 Å². The molecule has 0 unspecified atom stereocenters. The molecule has 1 aromatic heterocycles. The summed E-state index contributed by atoms with van der Waals surface area (Å²) >= 11 is 1.29. The molecule has 0 N–H and O–H groups in total. The number of aromatic nitrogens is 2. The number of benzene rings is 1. The van der Waals surface area contributed by atoms with E-state index in [4.69, 9.17) is 0 Å². The number of hydrogen-bond donors (Lipinski definition) is 0. The van der Waals surface area contributed by atoms with Crippen LogP contribution in [-0.4, -0.2) is 8.75 Å². The van der Waals surface area contributed by atoms with E-state index in [9.17, 15) is 0 Å². The number of fused-ring (bicyclic) bond motifs is 1. The molecule has 1 heterocycles. The standard InChI is InChI=1S/C12H14N2S/c1-5-6-10-8(3)7(2)9(4)11-12(10)14-15-13-11/h5-6H,1-4H3/b6-5+. The summed E-state index contributed by atoms with van der Waals surface area (Å²) in [5.74, 6) is 0. The van der Waals surface area contributed by atoms with E-state index in [0.717, 1.165) is 11.0 Å². The Labute approximate surface area is 94.0 Å². The van der Waals surface area contributed by atoms with Crippen LogP contribution in [0.2, 0.25) is 0 Å². The second-order valence-corrected chi connectivity index (χ2v) is 4.28. The van der Waals surface area contributed by atoms with Gasteiger partial charge in [-0.1, -0.05) is 12.2 Å². The van der Waals surface area contributed by atoms with Crippen LogP contribution in [0, 0.1) is 20.8 Å². The van der Waals surface area contributed by atoms with Gasteiger partial charge >= 0.3 is 0 Å². The Balaban J connectivity index is 2.94. The molecule has 0 aliphatic rings. The van der Waals surface area contributed by atoms with Crippen LogP contribution in [0.5, 0.6) is 0 Å². The maximum atomic E-state index is 4.38. The smallest absolute Gasteiger partial charge is 0.112 e. The summed E-state index contributed by atoms with van der Waals surface area (Å²) in [6, 6.07) is 0. The fourth-order valence-corrected chi connectivity index (χ4v) is 2.43. The van der Waals surface area contributed by atoms with Crippen molar-refractivity contribution in [2.24, 2.45) is 0 Å². The summed E-state index contributed by atoms with van der Waals surface area (Å²) < 4.78 is 8.74. The molecule has 0 atom stereocenters. The average Bonchev–Trinajstić information content (AvgIpc) is 2.70. The largest absolute Gasteiger partial charge is 0.173 e. The fourth-order valence-electron chi connectivity index (χ4n) is 1.82. The van der Waals surface area contributed by atoms with Gasteiger partial charge in [0.15, 0.2) is 0 Å². The maximum absolute atomic E-state index is 4.38. The lowest BCUT2D eigenvalue weighted by molar-refractivity contribution is 1.27. The van der Waals surface area contributed by atoms with Gasteiger partial charge in [-0.3, -0.25) is 0 Å². The van der Waals surface area contributed by atoms with Crippen LogP contribution in [0.4, 0.5) is 0 Å². The van der Waals surface area contributed by atoms with Crippen molar-refractivity contribution in [1.29, 1.82) is 0 Å². The molecule has 2 rings (SSSR count). The quantitative estimate of drug-likeness (QED) is 0.730. The molecule has 2 nitrogen and oxygen atoms in total. The van der Waals surface area contributed by atoms with Gasteiger partial charge in [-0.25, -0.2) is 0 Å². The molecule has 0 radical (unpaired) electrons. The molecular weight excluding hydrogens is 204 g/mol. The summed E-state index contributed by atoms with van der Waals surface area (Å²) in [5.41, 5.74) is 7.19. The van der Waals surface area contributed by atoms with Crippen molar-refractivity contribution >= 4 is 28.8 Å². The first-order valence-corrected chi connectivity index (χ1v) is 5.74.